The second-order valence-electron chi connectivity index (χ2n) is 3.29. The Morgan fingerprint density at radius 3 is 3.12 bits per heavy atom. The number of hydrogen-bond donors (Lipinski definition) is 2. The molecule has 0 atom stereocenters. The van der Waals surface area contributed by atoms with E-state index < -0.39 is 0 Å². The number of aliphatic hydroxyl groups is 1. The highest BCUT2D eigenvalue weighted by Crippen LogP contribution is 2.08. The van der Waals surface area contributed by atoms with E-state index in [1.54, 1.807) is 0 Å². The first-order valence-corrected chi connectivity index (χ1v) is 5.40. The van der Waals surface area contributed by atoms with Crippen molar-refractivity contribution in [3.63, 3.8) is 0 Å². The number of aliphatic hydroxyl groups excluding tert-OH is 1. The lowest BCUT2D eigenvalue weighted by Crippen LogP contribution is -2.16. The summed E-state index contributed by atoms with van der Waals surface area (Å²) >= 11 is 5.62. The zero-order valence-corrected chi connectivity index (χ0v) is 9.65. The van der Waals surface area contributed by atoms with Gasteiger partial charge >= 0.3 is 0 Å². The molecule has 0 bridgehead atoms. The van der Waals surface area contributed by atoms with E-state index in [4.69, 9.17) is 21.4 Å². The number of halogens is 1. The molecule has 0 aliphatic carbocycles. The second-order valence-corrected chi connectivity index (χ2v) is 3.65. The highest BCUT2D eigenvalue weighted by molar-refractivity contribution is 6.28. The molecule has 0 fully saturated rings. The van der Waals surface area contributed by atoms with Gasteiger partial charge in [0, 0.05) is 0 Å². The summed E-state index contributed by atoms with van der Waals surface area (Å²) in [7, 11) is 0. The molecule has 0 radical (unpaired) electrons. The third-order valence-corrected chi connectivity index (χ3v) is 2.33. The van der Waals surface area contributed by atoms with E-state index in [1.165, 1.54) is 10.9 Å². The number of fused-ring (bicyclic) bond motifs is 1. The van der Waals surface area contributed by atoms with Crippen LogP contribution in [0.5, 0.6) is 0 Å². The van der Waals surface area contributed by atoms with Gasteiger partial charge < -0.3 is 9.84 Å². The molecule has 0 unspecified atom stereocenters. The van der Waals surface area contributed by atoms with Gasteiger partial charge in [-0.05, 0) is 11.6 Å². The van der Waals surface area contributed by atoms with Gasteiger partial charge in [0.1, 0.15) is 5.52 Å². The van der Waals surface area contributed by atoms with Crippen molar-refractivity contribution in [2.45, 2.75) is 6.54 Å². The lowest BCUT2D eigenvalue weighted by Gasteiger charge is -2.03. The quantitative estimate of drug-likeness (QED) is 0.571. The minimum absolute atomic E-state index is 0.0302. The second kappa shape index (κ2) is 5.26. The number of ether oxygens (including phenoxy) is 1. The molecule has 0 saturated heterocycles. The lowest BCUT2D eigenvalue weighted by atomic mass is 10.4. The number of aromatic amines is 1. The number of rotatable bonds is 5. The predicted molar refractivity (Wildman–Crippen MR) is 61.1 cm³/mol. The molecule has 0 amide bonds. The molecule has 17 heavy (non-hydrogen) atoms. The van der Waals surface area contributed by atoms with E-state index in [-0.39, 0.29) is 24.1 Å². The number of aromatic nitrogens is 4. The van der Waals surface area contributed by atoms with E-state index in [0.717, 1.165) is 0 Å². The van der Waals surface area contributed by atoms with Gasteiger partial charge in [0.15, 0.2) is 5.52 Å². The van der Waals surface area contributed by atoms with E-state index in [0.29, 0.717) is 24.2 Å². The highest BCUT2D eigenvalue weighted by atomic mass is 35.5. The number of nitrogens with zero attached hydrogens (tertiary/aromatic N) is 3. The van der Waals surface area contributed by atoms with Crippen molar-refractivity contribution < 1.29 is 9.84 Å². The average molecular weight is 259 g/mol. The van der Waals surface area contributed by atoms with E-state index in [1.807, 2.05) is 0 Å². The molecule has 92 valence electrons. The molecule has 0 aromatic carbocycles. The van der Waals surface area contributed by atoms with Gasteiger partial charge in [-0.25, -0.2) is 4.98 Å². The molecular weight excluding hydrogens is 248 g/mol. The summed E-state index contributed by atoms with van der Waals surface area (Å²) in [5.41, 5.74) is 0.475. The summed E-state index contributed by atoms with van der Waals surface area (Å²) in [6.45, 7) is 1.01. The van der Waals surface area contributed by atoms with Crippen LogP contribution in [-0.4, -0.2) is 44.7 Å². The Morgan fingerprint density at radius 2 is 2.35 bits per heavy atom. The van der Waals surface area contributed by atoms with Crippen LogP contribution in [0.2, 0.25) is 5.28 Å². The summed E-state index contributed by atoms with van der Waals surface area (Å²) in [4.78, 5) is 18.0. The van der Waals surface area contributed by atoms with Crippen LogP contribution in [0, 0.1) is 0 Å². The molecule has 2 aromatic heterocycles. The number of hydrogen-bond acceptors (Lipinski definition) is 5. The molecule has 7 nitrogen and oxygen atoms in total. The normalized spacial score (nSPS) is 11.2. The molecule has 2 heterocycles. The Balaban J connectivity index is 2.21. The summed E-state index contributed by atoms with van der Waals surface area (Å²) in [5.74, 6) is 0. The van der Waals surface area contributed by atoms with E-state index in [9.17, 15) is 4.79 Å². The largest absolute Gasteiger partial charge is 0.394 e. The maximum atomic E-state index is 11.6. The third kappa shape index (κ3) is 2.63. The zero-order chi connectivity index (χ0) is 12.3. The summed E-state index contributed by atoms with van der Waals surface area (Å²) < 4.78 is 6.59. The molecule has 0 saturated carbocycles. The summed E-state index contributed by atoms with van der Waals surface area (Å²) in [6, 6.07) is 0. The van der Waals surface area contributed by atoms with Gasteiger partial charge in [-0.2, -0.15) is 5.10 Å². The molecule has 2 rings (SSSR count). The van der Waals surface area contributed by atoms with Gasteiger partial charge in [-0.3, -0.25) is 14.5 Å². The third-order valence-electron chi connectivity index (χ3n) is 2.15. The van der Waals surface area contributed by atoms with Gasteiger partial charge in [-0.1, -0.05) is 0 Å². The Hall–Kier alpha value is -1.44. The van der Waals surface area contributed by atoms with Crippen molar-refractivity contribution in [3.05, 3.63) is 21.8 Å². The van der Waals surface area contributed by atoms with Gasteiger partial charge in [0.05, 0.1) is 32.6 Å². The van der Waals surface area contributed by atoms with Crippen LogP contribution < -0.4 is 5.56 Å². The maximum Gasteiger partial charge on any atom is 0.278 e. The summed E-state index contributed by atoms with van der Waals surface area (Å²) in [6.07, 6.45) is 1.47. The van der Waals surface area contributed by atoms with Crippen molar-refractivity contribution in [2.24, 2.45) is 0 Å². The smallest absolute Gasteiger partial charge is 0.278 e. The van der Waals surface area contributed by atoms with Gasteiger partial charge in [0.25, 0.3) is 5.56 Å². The van der Waals surface area contributed by atoms with Crippen molar-refractivity contribution in [2.75, 3.05) is 19.8 Å². The van der Waals surface area contributed by atoms with Crippen LogP contribution in [-0.2, 0) is 11.3 Å². The lowest BCUT2D eigenvalue weighted by molar-refractivity contribution is 0.0859. The fraction of sp³-hybridized carbons (Fsp3) is 0.444. The maximum absolute atomic E-state index is 11.6. The average Bonchev–Trinajstić information content (AvgIpc) is 2.68. The van der Waals surface area contributed by atoms with Crippen molar-refractivity contribution in [1.29, 1.82) is 0 Å². The van der Waals surface area contributed by atoms with E-state index in [2.05, 4.69) is 15.1 Å². The molecular formula is C9H11ClN4O3. The van der Waals surface area contributed by atoms with Crippen LogP contribution in [0.3, 0.4) is 0 Å². The van der Waals surface area contributed by atoms with Crippen LogP contribution >= 0.6 is 11.6 Å². The fourth-order valence-corrected chi connectivity index (χ4v) is 1.64. The van der Waals surface area contributed by atoms with Crippen molar-refractivity contribution in [1.82, 2.24) is 19.7 Å². The fourth-order valence-electron chi connectivity index (χ4n) is 1.46. The summed E-state index contributed by atoms with van der Waals surface area (Å²) in [5, 5.41) is 12.6. The minimum Gasteiger partial charge on any atom is -0.394 e. The van der Waals surface area contributed by atoms with Crippen molar-refractivity contribution >= 4 is 22.6 Å². The first-order valence-electron chi connectivity index (χ1n) is 5.02. The Labute approximate surface area is 101 Å². The molecule has 8 heteroatoms. The molecule has 0 spiro atoms. The topological polar surface area (TPSA) is 93.0 Å². The van der Waals surface area contributed by atoms with Crippen LogP contribution in [0.15, 0.2) is 11.0 Å². The standard InChI is InChI=1S/C9H11ClN4O3/c10-9-12-6-5-11-14(1-3-17-4-2-15)7(6)8(16)13-9/h5,15H,1-4H2,(H,12,13,16). The number of H-pyrrole nitrogens is 1. The van der Waals surface area contributed by atoms with Gasteiger partial charge in [-0.15, -0.1) is 0 Å². The van der Waals surface area contributed by atoms with Gasteiger partial charge in [0.2, 0.25) is 5.28 Å². The molecule has 2 aromatic rings. The van der Waals surface area contributed by atoms with Crippen LogP contribution in [0.25, 0.3) is 11.0 Å². The molecule has 0 aliphatic rings. The van der Waals surface area contributed by atoms with Crippen molar-refractivity contribution in [3.8, 4) is 0 Å². The Bertz CT molecular complexity index is 565. The van der Waals surface area contributed by atoms with E-state index >= 15 is 0 Å². The SMILES string of the molecule is O=c1[nH]c(Cl)nc2cnn(CCOCCO)c12. The first kappa shape index (κ1) is 12.0. The monoisotopic (exact) mass is 258 g/mol. The first-order chi connectivity index (χ1) is 8.22. The Kier molecular flexibility index (Phi) is 3.72. The minimum atomic E-state index is -0.334. The highest BCUT2D eigenvalue weighted by Gasteiger charge is 2.09. The number of nitrogens with one attached hydrogen (secondary N) is 1. The predicted octanol–water partition coefficient (Wildman–Crippen LogP) is -0.218. The van der Waals surface area contributed by atoms with Crippen LogP contribution in [0.1, 0.15) is 0 Å². The van der Waals surface area contributed by atoms with Crippen LogP contribution in [0.4, 0.5) is 0 Å². The molecule has 2 N–H and O–H groups in total. The Morgan fingerprint density at radius 1 is 1.53 bits per heavy atom. The zero-order valence-electron chi connectivity index (χ0n) is 8.89. The molecule has 0 aliphatic heterocycles.